The molecule has 0 amide bonds. The summed E-state index contributed by atoms with van der Waals surface area (Å²) >= 11 is 11.8. The van der Waals surface area contributed by atoms with Gasteiger partial charge in [-0.05, 0) is 48.4 Å². The van der Waals surface area contributed by atoms with Gasteiger partial charge in [0.2, 0.25) is 0 Å². The molecule has 0 spiro atoms. The number of ether oxygens (including phenoxy) is 1. The number of allylic oxidation sites excluding steroid dienone is 1. The number of ketones is 1. The molecular formula is C19H15Cl2NO2. The Balaban J connectivity index is 2.01. The third kappa shape index (κ3) is 5.42. The molecule has 0 fully saturated rings. The molecule has 24 heavy (non-hydrogen) atoms. The monoisotopic (exact) mass is 359 g/mol. The molecule has 2 aromatic rings. The van der Waals surface area contributed by atoms with Crippen molar-refractivity contribution in [3.05, 3.63) is 69.7 Å². The fraction of sp³-hybridized carbons (Fsp3) is 0.158. The molecule has 0 aliphatic heterocycles. The van der Waals surface area contributed by atoms with Crippen molar-refractivity contribution in [2.75, 3.05) is 6.61 Å². The first-order valence-electron chi connectivity index (χ1n) is 7.37. The molecule has 0 atom stereocenters. The molecule has 0 saturated heterocycles. The van der Waals surface area contributed by atoms with Crippen molar-refractivity contribution in [1.82, 2.24) is 0 Å². The van der Waals surface area contributed by atoms with Crippen molar-refractivity contribution >= 4 is 35.1 Å². The van der Waals surface area contributed by atoms with E-state index in [1.807, 2.05) is 24.3 Å². The molecule has 3 nitrogen and oxygen atoms in total. The molecule has 0 saturated carbocycles. The van der Waals surface area contributed by atoms with Gasteiger partial charge < -0.3 is 4.74 Å². The van der Waals surface area contributed by atoms with Gasteiger partial charge in [-0.15, -0.1) is 0 Å². The SMILES string of the molecule is N#CCCCOc1cccc(/C=C/C(=O)c2ccc(Cl)c(Cl)c2)c1. The second kappa shape index (κ2) is 9.12. The second-order valence-electron chi connectivity index (χ2n) is 5.01. The van der Waals surface area contributed by atoms with Crippen LogP contribution in [0.15, 0.2) is 48.5 Å². The Labute approximate surface area is 151 Å². The molecular weight excluding hydrogens is 345 g/mol. The fourth-order valence-corrected chi connectivity index (χ4v) is 2.26. The molecule has 122 valence electrons. The number of nitriles is 1. The van der Waals surface area contributed by atoms with Crippen LogP contribution >= 0.6 is 23.2 Å². The van der Waals surface area contributed by atoms with Crippen LogP contribution in [-0.4, -0.2) is 12.4 Å². The van der Waals surface area contributed by atoms with Crippen molar-refractivity contribution < 1.29 is 9.53 Å². The number of nitrogens with zero attached hydrogens (tertiary/aromatic N) is 1. The zero-order valence-electron chi connectivity index (χ0n) is 12.8. The molecule has 0 bridgehead atoms. The third-order valence-corrected chi connectivity index (χ3v) is 3.93. The summed E-state index contributed by atoms with van der Waals surface area (Å²) in [6, 6.07) is 14.3. The van der Waals surface area contributed by atoms with E-state index in [-0.39, 0.29) is 5.78 Å². The van der Waals surface area contributed by atoms with Gasteiger partial charge in [-0.3, -0.25) is 4.79 Å². The second-order valence-corrected chi connectivity index (χ2v) is 5.82. The van der Waals surface area contributed by atoms with Crippen molar-refractivity contribution in [3.63, 3.8) is 0 Å². The molecule has 0 N–H and O–H groups in total. The van der Waals surface area contributed by atoms with Crippen LogP contribution < -0.4 is 4.74 Å². The number of benzene rings is 2. The van der Waals surface area contributed by atoms with Crippen LogP contribution in [0.1, 0.15) is 28.8 Å². The molecule has 0 aromatic heterocycles. The van der Waals surface area contributed by atoms with E-state index < -0.39 is 0 Å². The predicted molar refractivity (Wildman–Crippen MR) is 96.6 cm³/mol. The first-order valence-corrected chi connectivity index (χ1v) is 8.13. The largest absolute Gasteiger partial charge is 0.494 e. The highest BCUT2D eigenvalue weighted by Crippen LogP contribution is 2.23. The first kappa shape index (κ1) is 18.1. The zero-order valence-corrected chi connectivity index (χ0v) is 14.3. The average molecular weight is 360 g/mol. The van der Waals surface area contributed by atoms with E-state index >= 15 is 0 Å². The van der Waals surface area contributed by atoms with Crippen LogP contribution in [0.25, 0.3) is 6.08 Å². The lowest BCUT2D eigenvalue weighted by Crippen LogP contribution is -1.97. The van der Waals surface area contributed by atoms with Gasteiger partial charge in [0.25, 0.3) is 0 Å². The molecule has 2 aromatic carbocycles. The standard InChI is InChI=1S/C19H15Cl2NO2/c20-17-8-7-15(13-18(17)21)19(23)9-6-14-4-3-5-16(12-14)24-11-2-1-10-22/h3-9,12-13H,1-2,11H2/b9-6+. The Morgan fingerprint density at radius 3 is 2.75 bits per heavy atom. The van der Waals surface area contributed by atoms with Crippen LogP contribution in [0.3, 0.4) is 0 Å². The maximum atomic E-state index is 12.2. The maximum Gasteiger partial charge on any atom is 0.185 e. The first-order chi connectivity index (χ1) is 11.6. The van der Waals surface area contributed by atoms with Crippen LogP contribution in [0.4, 0.5) is 0 Å². The predicted octanol–water partition coefficient (Wildman–Crippen LogP) is 5.57. The smallest absolute Gasteiger partial charge is 0.185 e. The summed E-state index contributed by atoms with van der Waals surface area (Å²) in [5.74, 6) is 0.547. The Morgan fingerprint density at radius 2 is 2.00 bits per heavy atom. The van der Waals surface area contributed by atoms with E-state index in [1.54, 1.807) is 24.3 Å². The van der Waals surface area contributed by atoms with Gasteiger partial charge in [0.1, 0.15) is 5.75 Å². The number of hydrogen-bond acceptors (Lipinski definition) is 3. The van der Waals surface area contributed by atoms with Gasteiger partial charge in [0.15, 0.2) is 5.78 Å². The third-order valence-electron chi connectivity index (χ3n) is 3.19. The van der Waals surface area contributed by atoms with Gasteiger partial charge in [-0.2, -0.15) is 5.26 Å². The van der Waals surface area contributed by atoms with Gasteiger partial charge in [0, 0.05) is 12.0 Å². The Hall–Kier alpha value is -2.28. The topological polar surface area (TPSA) is 50.1 Å². The van der Waals surface area contributed by atoms with E-state index in [4.69, 9.17) is 33.2 Å². The minimum atomic E-state index is -0.158. The van der Waals surface area contributed by atoms with Crippen molar-refractivity contribution in [2.24, 2.45) is 0 Å². The fourth-order valence-electron chi connectivity index (χ4n) is 1.97. The summed E-state index contributed by atoms with van der Waals surface area (Å²) in [4.78, 5) is 12.2. The summed E-state index contributed by atoms with van der Waals surface area (Å²) in [7, 11) is 0. The molecule has 0 aliphatic rings. The van der Waals surface area contributed by atoms with Crippen LogP contribution in [0.2, 0.25) is 10.0 Å². The number of carbonyl (C=O) groups is 1. The van der Waals surface area contributed by atoms with Crippen LogP contribution in [0, 0.1) is 11.3 Å². The van der Waals surface area contributed by atoms with Crippen LogP contribution in [-0.2, 0) is 0 Å². The summed E-state index contributed by atoms with van der Waals surface area (Å²) in [6.07, 6.45) is 4.35. The lowest BCUT2D eigenvalue weighted by Gasteiger charge is -2.05. The average Bonchev–Trinajstić information content (AvgIpc) is 2.59. The van der Waals surface area contributed by atoms with Gasteiger partial charge in [-0.25, -0.2) is 0 Å². The number of hydrogen-bond donors (Lipinski definition) is 0. The normalized spacial score (nSPS) is 10.5. The molecule has 0 radical (unpaired) electrons. The van der Waals surface area contributed by atoms with Gasteiger partial charge >= 0.3 is 0 Å². The summed E-state index contributed by atoms with van der Waals surface area (Å²) < 4.78 is 5.57. The number of rotatable bonds is 7. The van der Waals surface area contributed by atoms with Crippen molar-refractivity contribution in [2.45, 2.75) is 12.8 Å². The number of halogens is 2. The van der Waals surface area contributed by atoms with E-state index in [1.165, 1.54) is 6.08 Å². The quantitative estimate of drug-likeness (QED) is 0.368. The highest BCUT2D eigenvalue weighted by molar-refractivity contribution is 6.42. The minimum absolute atomic E-state index is 0.158. The highest BCUT2D eigenvalue weighted by Gasteiger charge is 2.05. The lowest BCUT2D eigenvalue weighted by molar-refractivity contribution is 0.104. The van der Waals surface area contributed by atoms with E-state index in [9.17, 15) is 4.79 Å². The van der Waals surface area contributed by atoms with E-state index in [0.29, 0.717) is 40.8 Å². The lowest BCUT2D eigenvalue weighted by atomic mass is 10.1. The number of unbranched alkanes of at least 4 members (excludes halogenated alkanes) is 1. The van der Waals surface area contributed by atoms with Gasteiger partial charge in [0.05, 0.1) is 22.7 Å². The van der Waals surface area contributed by atoms with Crippen molar-refractivity contribution in [1.29, 1.82) is 5.26 Å². The van der Waals surface area contributed by atoms with Crippen molar-refractivity contribution in [3.8, 4) is 11.8 Å². The molecule has 0 unspecified atom stereocenters. The van der Waals surface area contributed by atoms with Gasteiger partial charge in [-0.1, -0.05) is 41.4 Å². The maximum absolute atomic E-state index is 12.2. The Bertz CT molecular complexity index is 794. The molecule has 2 rings (SSSR count). The minimum Gasteiger partial charge on any atom is -0.494 e. The van der Waals surface area contributed by atoms with E-state index in [2.05, 4.69) is 6.07 Å². The number of carbonyl (C=O) groups excluding carboxylic acids is 1. The van der Waals surface area contributed by atoms with Crippen LogP contribution in [0.5, 0.6) is 5.75 Å². The van der Waals surface area contributed by atoms with E-state index in [0.717, 1.165) is 5.56 Å². The molecule has 0 aliphatic carbocycles. The zero-order chi connectivity index (χ0) is 17.4. The summed E-state index contributed by atoms with van der Waals surface area (Å²) in [6.45, 7) is 0.489. The Kier molecular flexibility index (Phi) is 6.87. The summed E-state index contributed by atoms with van der Waals surface area (Å²) in [5.41, 5.74) is 1.32. The Morgan fingerprint density at radius 1 is 1.17 bits per heavy atom. The molecule has 0 heterocycles. The highest BCUT2D eigenvalue weighted by atomic mass is 35.5. The summed E-state index contributed by atoms with van der Waals surface area (Å²) in [5, 5.41) is 9.26. The molecule has 5 heteroatoms.